The Morgan fingerprint density at radius 1 is 1.13 bits per heavy atom. The lowest BCUT2D eigenvalue weighted by Crippen LogP contribution is -2.56. The van der Waals surface area contributed by atoms with Crippen molar-refractivity contribution < 1.29 is 37.1 Å². The molecule has 2 aromatic rings. The number of carbonyl (C=O) groups excluding carboxylic acids is 2. The van der Waals surface area contributed by atoms with Gasteiger partial charge in [0.05, 0.1) is 47.4 Å². The predicted octanol–water partition coefficient (Wildman–Crippen LogP) is 6.79. The van der Waals surface area contributed by atoms with E-state index in [9.17, 15) is 32.7 Å². The van der Waals surface area contributed by atoms with Crippen LogP contribution in [-0.4, -0.2) is 57.2 Å². The number of benzene rings is 1. The Labute approximate surface area is 235 Å². The summed E-state index contributed by atoms with van der Waals surface area (Å²) < 4.78 is 43.7. The van der Waals surface area contributed by atoms with E-state index in [0.29, 0.717) is 0 Å². The zero-order chi connectivity index (χ0) is 29.5. The molecule has 39 heavy (non-hydrogen) atoms. The molecule has 1 unspecified atom stereocenters. The third-order valence-electron chi connectivity index (χ3n) is 7.15. The molecule has 1 aliphatic carbocycles. The molecule has 4 atom stereocenters. The highest BCUT2D eigenvalue weighted by Crippen LogP contribution is 2.41. The number of amides is 1. The first kappa shape index (κ1) is 31.1. The second-order valence-electron chi connectivity index (χ2n) is 11.8. The quantitative estimate of drug-likeness (QED) is 0.283. The van der Waals surface area contributed by atoms with E-state index in [0.717, 1.165) is 10.9 Å². The van der Waals surface area contributed by atoms with Crippen LogP contribution in [0.15, 0.2) is 24.4 Å². The van der Waals surface area contributed by atoms with Crippen molar-refractivity contribution in [3.8, 4) is 0 Å². The number of aliphatic carboxylic acids is 1. The van der Waals surface area contributed by atoms with Gasteiger partial charge in [0.15, 0.2) is 5.69 Å². The number of hydrogen-bond acceptors (Lipinski definition) is 4. The minimum Gasteiger partial charge on any atom is -0.481 e. The number of likely N-dealkylation sites (N-methyl/N-ethyl adjacent to an activating group) is 1. The molecule has 0 spiro atoms. The molecule has 214 valence electrons. The number of Topliss-reactive ketones (excluding diaryl/α,β-unsaturated/α-hetero) is 1. The average Bonchev–Trinajstić information content (AvgIpc) is 3.22. The number of hydrogen-bond donors (Lipinski definition) is 1. The summed E-state index contributed by atoms with van der Waals surface area (Å²) in [5.74, 6) is -3.49. The number of carbonyl (C=O) groups is 3. The van der Waals surface area contributed by atoms with Gasteiger partial charge >= 0.3 is 18.1 Å². The molecule has 1 fully saturated rings. The lowest BCUT2D eigenvalue weighted by Gasteiger charge is -2.36. The highest BCUT2D eigenvalue weighted by molar-refractivity contribution is 6.39. The molecular weight excluding hydrogens is 558 g/mol. The van der Waals surface area contributed by atoms with E-state index in [4.69, 9.17) is 23.2 Å². The zero-order valence-electron chi connectivity index (χ0n) is 22.5. The van der Waals surface area contributed by atoms with Crippen molar-refractivity contribution in [2.75, 3.05) is 20.1 Å². The standard InChI is InChI=1S/C27H32Cl2F3N3O4/c1-15-11-16(9-10-17(15)25(38)39)34-23(27(30,31)32)18(12-33-34)24(37)35(5,14-26(2,3)4)13-21(36)22-19(28)7-6-8-20(22)29/h6-8,12,15-17H,9-11,13-14H2,1-5H3/p+1/t15-,16+,17+,35?/m1/s1. The maximum Gasteiger partial charge on any atom is 0.434 e. The highest BCUT2D eigenvalue weighted by Gasteiger charge is 2.48. The van der Waals surface area contributed by atoms with Crippen LogP contribution in [0.3, 0.4) is 0 Å². The van der Waals surface area contributed by atoms with Gasteiger partial charge in [-0.3, -0.25) is 18.8 Å². The first-order chi connectivity index (χ1) is 17.9. The predicted molar refractivity (Wildman–Crippen MR) is 141 cm³/mol. The largest absolute Gasteiger partial charge is 0.481 e. The van der Waals surface area contributed by atoms with Gasteiger partial charge in [-0.1, -0.05) is 57.0 Å². The van der Waals surface area contributed by atoms with Crippen molar-refractivity contribution in [3.63, 3.8) is 0 Å². The van der Waals surface area contributed by atoms with Gasteiger partial charge in [0.1, 0.15) is 12.1 Å². The van der Waals surface area contributed by atoms with Gasteiger partial charge in [0.2, 0.25) is 5.78 Å². The Kier molecular flexibility index (Phi) is 8.94. The number of quaternary nitrogens is 1. The minimum absolute atomic E-state index is 0.00260. The number of nitrogens with zero attached hydrogens (tertiary/aromatic N) is 3. The first-order valence-electron chi connectivity index (χ1n) is 12.6. The first-order valence-corrected chi connectivity index (χ1v) is 13.4. The maximum atomic E-state index is 14.5. The summed E-state index contributed by atoms with van der Waals surface area (Å²) in [4.78, 5) is 38.8. The van der Waals surface area contributed by atoms with Crippen LogP contribution in [0.5, 0.6) is 0 Å². The Hall–Kier alpha value is -2.43. The fourth-order valence-corrected chi connectivity index (χ4v) is 6.34. The van der Waals surface area contributed by atoms with Crippen molar-refractivity contribution in [2.24, 2.45) is 17.3 Å². The minimum atomic E-state index is -4.92. The number of halogens is 5. The van der Waals surface area contributed by atoms with E-state index in [1.807, 2.05) is 20.8 Å². The lowest BCUT2D eigenvalue weighted by molar-refractivity contribution is -0.826. The Bertz CT molecular complexity index is 1250. The van der Waals surface area contributed by atoms with E-state index in [2.05, 4.69) is 5.10 Å². The molecule has 0 bridgehead atoms. The number of alkyl halides is 3. The van der Waals surface area contributed by atoms with Crippen molar-refractivity contribution in [3.05, 3.63) is 51.3 Å². The number of carboxylic acid groups (broad SMARTS) is 1. The van der Waals surface area contributed by atoms with E-state index < -0.39 is 63.5 Å². The fourth-order valence-electron chi connectivity index (χ4n) is 5.73. The summed E-state index contributed by atoms with van der Waals surface area (Å²) in [6.45, 7) is 6.72. The van der Waals surface area contributed by atoms with Crippen LogP contribution < -0.4 is 0 Å². The van der Waals surface area contributed by atoms with Gasteiger partial charge in [-0.15, -0.1) is 0 Å². The van der Waals surface area contributed by atoms with Gasteiger partial charge in [-0.2, -0.15) is 18.3 Å². The Balaban J connectivity index is 2.06. The number of carboxylic acids is 1. The molecule has 1 aromatic heterocycles. The molecule has 0 saturated heterocycles. The van der Waals surface area contributed by atoms with Crippen LogP contribution in [-0.2, 0) is 11.0 Å². The summed E-state index contributed by atoms with van der Waals surface area (Å²) in [5, 5.41) is 13.6. The molecule has 7 nitrogen and oxygen atoms in total. The highest BCUT2D eigenvalue weighted by atomic mass is 35.5. The molecule has 1 aromatic carbocycles. The summed E-state index contributed by atoms with van der Waals surface area (Å²) in [6, 6.07) is 3.79. The summed E-state index contributed by atoms with van der Waals surface area (Å²) in [6.07, 6.45) is -3.46. The molecule has 3 rings (SSSR count). The molecule has 1 saturated carbocycles. The molecule has 1 heterocycles. The monoisotopic (exact) mass is 590 g/mol. The lowest BCUT2D eigenvalue weighted by atomic mass is 9.78. The van der Waals surface area contributed by atoms with Crippen LogP contribution in [0.4, 0.5) is 13.2 Å². The number of aromatic nitrogens is 2. The third-order valence-corrected chi connectivity index (χ3v) is 7.78. The van der Waals surface area contributed by atoms with Crippen molar-refractivity contribution >= 4 is 40.9 Å². The molecule has 0 aliphatic heterocycles. The molecule has 12 heteroatoms. The van der Waals surface area contributed by atoms with Crippen LogP contribution in [0.25, 0.3) is 0 Å². The van der Waals surface area contributed by atoms with E-state index in [1.165, 1.54) is 19.2 Å². The van der Waals surface area contributed by atoms with E-state index >= 15 is 0 Å². The number of rotatable bonds is 7. The Morgan fingerprint density at radius 2 is 1.72 bits per heavy atom. The normalized spacial score (nSPS) is 21.8. The topological polar surface area (TPSA) is 89.3 Å². The SMILES string of the molecule is C[C@@H]1C[C@@H](n2ncc(C(=O)[N+](C)(CC(=O)c3c(Cl)cccc3Cl)CC(C)(C)C)c2C(F)(F)F)CC[C@@H]1C(=O)O. The smallest absolute Gasteiger partial charge is 0.434 e. The molecule has 1 N–H and O–H groups in total. The van der Waals surface area contributed by atoms with Gasteiger partial charge < -0.3 is 5.11 Å². The van der Waals surface area contributed by atoms with Gasteiger partial charge in [-0.25, -0.2) is 4.79 Å². The van der Waals surface area contributed by atoms with Crippen LogP contribution in [0, 0.1) is 17.3 Å². The Morgan fingerprint density at radius 3 is 2.21 bits per heavy atom. The van der Waals surface area contributed by atoms with E-state index in [1.54, 1.807) is 13.0 Å². The second-order valence-corrected chi connectivity index (χ2v) is 12.7. The van der Waals surface area contributed by atoms with Gasteiger partial charge in [0.25, 0.3) is 0 Å². The third kappa shape index (κ3) is 6.84. The van der Waals surface area contributed by atoms with Crippen molar-refractivity contribution in [1.29, 1.82) is 0 Å². The van der Waals surface area contributed by atoms with Crippen LogP contribution in [0.1, 0.15) is 79.4 Å². The van der Waals surface area contributed by atoms with Gasteiger partial charge in [-0.05, 0) is 37.3 Å². The van der Waals surface area contributed by atoms with Crippen molar-refractivity contribution in [2.45, 2.75) is 59.2 Å². The fraction of sp³-hybridized carbons (Fsp3) is 0.556. The second kappa shape index (κ2) is 11.2. The zero-order valence-corrected chi connectivity index (χ0v) is 24.0. The summed E-state index contributed by atoms with van der Waals surface area (Å²) >= 11 is 12.4. The average molecular weight is 591 g/mol. The van der Waals surface area contributed by atoms with E-state index in [-0.39, 0.29) is 47.3 Å². The summed E-state index contributed by atoms with van der Waals surface area (Å²) in [5.41, 5.74) is -2.38. The molecule has 1 aliphatic rings. The molecule has 0 radical (unpaired) electrons. The maximum absolute atomic E-state index is 14.5. The number of ketones is 1. The summed E-state index contributed by atoms with van der Waals surface area (Å²) in [7, 11) is 1.42. The van der Waals surface area contributed by atoms with Crippen LogP contribution >= 0.6 is 23.2 Å². The molecular formula is C27H33Cl2F3N3O4+. The van der Waals surface area contributed by atoms with Gasteiger partial charge in [0, 0.05) is 5.41 Å². The molecule has 1 amide bonds. The van der Waals surface area contributed by atoms with Crippen molar-refractivity contribution in [1.82, 2.24) is 9.78 Å². The van der Waals surface area contributed by atoms with Crippen LogP contribution in [0.2, 0.25) is 10.0 Å².